The fourth-order valence-electron chi connectivity index (χ4n) is 5.62. The summed E-state index contributed by atoms with van der Waals surface area (Å²) >= 11 is 0. The second kappa shape index (κ2) is 52.6. The van der Waals surface area contributed by atoms with E-state index in [1.807, 2.05) is 34.6 Å². The van der Waals surface area contributed by atoms with Crippen LogP contribution in [0.2, 0.25) is 0 Å². The number of aliphatic carboxylic acids is 1. The van der Waals surface area contributed by atoms with Gasteiger partial charge in [0.2, 0.25) is 5.91 Å². The summed E-state index contributed by atoms with van der Waals surface area (Å²) < 4.78 is 51.2. The highest BCUT2D eigenvalue weighted by Crippen LogP contribution is 2.42. The Morgan fingerprint density at radius 1 is 0.646 bits per heavy atom. The lowest BCUT2D eigenvalue weighted by molar-refractivity contribution is -0.385. The number of carboxylic acids is 1. The van der Waals surface area contributed by atoms with E-state index in [2.05, 4.69) is 24.1 Å². The average molecular weight is 1180 g/mol. The SMILES string of the molecule is CCC(CO)OC(CO)OC.CCC(CO)OC(COC(=O)CCCC(=O)NCCCC(C)(C)SSc1ccc([N+](=O)[O-])cn1)OC.CCC(CO)OC(COC(=O)CCCC(=O)O)OC.CCCOC(CO)OC(CC)CO. The third-order valence-electron chi connectivity index (χ3n) is 10.5. The van der Waals surface area contributed by atoms with E-state index < -0.39 is 48.0 Å². The van der Waals surface area contributed by atoms with Crippen LogP contribution in [0.3, 0.4) is 0 Å². The summed E-state index contributed by atoms with van der Waals surface area (Å²) in [6, 6.07) is 3.06. The minimum Gasteiger partial charge on any atom is -0.481 e. The third kappa shape index (κ3) is 45.8. The Labute approximate surface area is 474 Å². The minimum absolute atomic E-state index is 0.0371. The van der Waals surface area contributed by atoms with Gasteiger partial charge in [0.1, 0.15) is 24.4 Å². The number of hydrogen-bond acceptors (Lipinski definition) is 25. The van der Waals surface area contributed by atoms with Crippen LogP contribution in [0.15, 0.2) is 23.4 Å². The van der Waals surface area contributed by atoms with Crippen molar-refractivity contribution in [2.24, 2.45) is 0 Å². The van der Waals surface area contributed by atoms with Gasteiger partial charge in [0.05, 0.1) is 69.0 Å². The normalized spacial score (nSPS) is 14.2. The zero-order chi connectivity index (χ0) is 60.4. The number of carbonyl (C=O) groups is 4. The van der Waals surface area contributed by atoms with Crippen molar-refractivity contribution in [2.45, 2.75) is 191 Å². The molecule has 1 aromatic rings. The lowest BCUT2D eigenvalue weighted by Crippen LogP contribution is -2.30. The molecule has 1 aromatic heterocycles. The highest BCUT2D eigenvalue weighted by atomic mass is 33.1. The van der Waals surface area contributed by atoms with E-state index in [1.54, 1.807) is 16.9 Å². The molecule has 0 saturated carbocycles. The van der Waals surface area contributed by atoms with Crippen molar-refractivity contribution < 1.29 is 107 Å². The summed E-state index contributed by atoms with van der Waals surface area (Å²) in [5, 5.41) is 75.9. The van der Waals surface area contributed by atoms with Gasteiger partial charge in [0.15, 0.2) is 25.2 Å². The number of aromatic nitrogens is 1. The van der Waals surface area contributed by atoms with Crippen LogP contribution in [-0.2, 0) is 66.5 Å². The first-order valence-electron chi connectivity index (χ1n) is 26.4. The standard InChI is InChI=1S/C23H37N3O8S2.C12H22O7.C9H20O4.C7H16O4/c1-5-18(15-27)34-22(32-4)16-33-21(29)9-6-8-19(28)24-13-7-12-23(2,3)36-35-20-11-10-17(14-25-20)26(30)31;1-3-9(7-13)19-12(17-2)8-18-11(16)6-4-5-10(14)15;1-3-5-12-9(7-11)13-8(4-2)6-10;1-3-6(4-8)11-7(5-9)10-2/h10-11,14,18,22,27H,5-9,12-13,15-16H2,1-4H3,(H,24,28);9,12-13H,3-8H2,1-2H3,(H,14,15);8-11H,3-7H2,1-2H3;6-9H,3-5H2,1-2H3. The van der Waals surface area contributed by atoms with Gasteiger partial charge in [-0.15, -0.1) is 0 Å². The minimum atomic E-state index is -0.945. The Balaban J connectivity index is -0.00000111. The van der Waals surface area contributed by atoms with Crippen molar-refractivity contribution in [3.05, 3.63) is 28.4 Å². The highest BCUT2D eigenvalue weighted by molar-refractivity contribution is 8.77. The van der Waals surface area contributed by atoms with Crippen LogP contribution < -0.4 is 5.32 Å². The average Bonchev–Trinajstić information content (AvgIpc) is 3.45. The van der Waals surface area contributed by atoms with E-state index in [0.29, 0.717) is 50.3 Å². The van der Waals surface area contributed by atoms with E-state index in [1.165, 1.54) is 44.4 Å². The van der Waals surface area contributed by atoms with Crippen molar-refractivity contribution in [2.75, 3.05) is 87.3 Å². The van der Waals surface area contributed by atoms with Gasteiger partial charge >= 0.3 is 17.9 Å². The molecule has 0 bridgehead atoms. The Hall–Kier alpha value is -3.43. The molecule has 1 amide bonds. The van der Waals surface area contributed by atoms with Crippen LogP contribution in [0, 0.1) is 10.1 Å². The molecule has 0 fully saturated rings. The van der Waals surface area contributed by atoms with Gasteiger partial charge < -0.3 is 88.4 Å². The molecule has 0 aromatic carbocycles. The molecule has 79 heavy (non-hydrogen) atoms. The van der Waals surface area contributed by atoms with Gasteiger partial charge in [0, 0.05) is 71.0 Å². The van der Waals surface area contributed by atoms with Gasteiger partial charge in [-0.25, -0.2) is 4.98 Å². The number of nitrogens with one attached hydrogen (secondary N) is 1. The largest absolute Gasteiger partial charge is 0.481 e. The molecular formula is C51H95N3O23S2. The maximum atomic E-state index is 12.0. The summed E-state index contributed by atoms with van der Waals surface area (Å²) in [7, 11) is 7.38. The molecule has 8 unspecified atom stereocenters. The molecule has 8 atom stereocenters. The lowest BCUT2D eigenvalue weighted by atomic mass is 10.1. The number of methoxy groups -OCH3 is 3. The number of aliphatic hydroxyl groups excluding tert-OH is 6. The molecule has 0 aliphatic heterocycles. The Morgan fingerprint density at radius 3 is 1.46 bits per heavy atom. The molecule has 0 aliphatic rings. The molecule has 8 N–H and O–H groups in total. The summed E-state index contributed by atoms with van der Waals surface area (Å²) in [5.41, 5.74) is -0.0371. The maximum Gasteiger partial charge on any atom is 0.305 e. The number of hydrogen-bond donors (Lipinski definition) is 8. The third-order valence-corrected chi connectivity index (χ3v) is 13.8. The van der Waals surface area contributed by atoms with Gasteiger partial charge in [-0.1, -0.05) is 45.4 Å². The number of aliphatic hydroxyl groups is 6. The lowest BCUT2D eigenvalue weighted by Gasteiger charge is -2.22. The zero-order valence-corrected chi connectivity index (χ0v) is 49.6. The summed E-state index contributed by atoms with van der Waals surface area (Å²) in [6.07, 6.45) is 3.38. The quantitative estimate of drug-likeness (QED) is 0.0110. The van der Waals surface area contributed by atoms with Crippen LogP contribution in [-0.4, -0.2) is 211 Å². The number of carbonyl (C=O) groups excluding carboxylic acids is 3. The summed E-state index contributed by atoms with van der Waals surface area (Å²) in [5.74, 6) is -2.00. The second-order valence-electron chi connectivity index (χ2n) is 17.5. The molecule has 1 heterocycles. The second-order valence-corrected chi connectivity index (χ2v) is 20.4. The molecule has 464 valence electrons. The van der Waals surface area contributed by atoms with Crippen LogP contribution in [0.5, 0.6) is 0 Å². The van der Waals surface area contributed by atoms with Crippen LogP contribution in [0.25, 0.3) is 0 Å². The summed E-state index contributed by atoms with van der Waals surface area (Å²) in [4.78, 5) is 59.8. The van der Waals surface area contributed by atoms with Crippen LogP contribution >= 0.6 is 21.6 Å². The number of ether oxygens (including phenoxy) is 10. The number of nitrogens with zero attached hydrogens (tertiary/aromatic N) is 2. The van der Waals surface area contributed by atoms with Gasteiger partial charge in [-0.05, 0) is 88.5 Å². The molecule has 1 rings (SSSR count). The fourth-order valence-corrected chi connectivity index (χ4v) is 7.85. The molecule has 28 heteroatoms. The van der Waals surface area contributed by atoms with Crippen molar-refractivity contribution in [1.29, 1.82) is 0 Å². The molecule has 0 spiro atoms. The topological polar surface area (TPSA) is 370 Å². The predicted octanol–water partition coefficient (Wildman–Crippen LogP) is 4.68. The Bertz CT molecular complexity index is 1630. The van der Waals surface area contributed by atoms with Crippen molar-refractivity contribution in [3.8, 4) is 0 Å². The monoisotopic (exact) mass is 1180 g/mol. The van der Waals surface area contributed by atoms with Crippen molar-refractivity contribution in [1.82, 2.24) is 10.3 Å². The number of amides is 1. The maximum absolute atomic E-state index is 12.0. The number of esters is 2. The first kappa shape index (κ1) is 79.8. The first-order chi connectivity index (χ1) is 37.7. The van der Waals surface area contributed by atoms with Crippen LogP contribution in [0.4, 0.5) is 5.69 Å². The van der Waals surface area contributed by atoms with E-state index in [9.17, 15) is 34.4 Å². The van der Waals surface area contributed by atoms with E-state index in [-0.39, 0.29) is 126 Å². The molecule has 0 radical (unpaired) electrons. The van der Waals surface area contributed by atoms with Gasteiger partial charge in [-0.2, -0.15) is 0 Å². The number of pyridine rings is 1. The Morgan fingerprint density at radius 2 is 1.09 bits per heavy atom. The van der Waals surface area contributed by atoms with E-state index in [4.69, 9.17) is 78.0 Å². The summed E-state index contributed by atoms with van der Waals surface area (Å²) in [6.45, 7) is 13.9. The van der Waals surface area contributed by atoms with E-state index in [0.717, 1.165) is 19.3 Å². The Kier molecular flexibility index (Phi) is 53.2. The smallest absolute Gasteiger partial charge is 0.305 e. The molecule has 0 saturated heterocycles. The molecule has 26 nitrogen and oxygen atoms in total. The van der Waals surface area contributed by atoms with Crippen molar-refractivity contribution in [3.63, 3.8) is 0 Å². The first-order valence-corrected chi connectivity index (χ1v) is 28.6. The predicted molar refractivity (Wildman–Crippen MR) is 294 cm³/mol. The number of rotatable bonds is 44. The highest BCUT2D eigenvalue weighted by Gasteiger charge is 2.22. The fraction of sp³-hybridized carbons (Fsp3) is 0.824. The molecule has 0 aliphatic carbocycles. The molecular weight excluding hydrogens is 1090 g/mol. The van der Waals surface area contributed by atoms with Crippen molar-refractivity contribution >= 4 is 51.1 Å². The van der Waals surface area contributed by atoms with Gasteiger partial charge in [0.25, 0.3) is 5.69 Å². The van der Waals surface area contributed by atoms with Gasteiger partial charge in [-0.3, -0.25) is 29.3 Å². The number of nitro groups is 1. The number of carboxylic acid groups (broad SMARTS) is 1. The van der Waals surface area contributed by atoms with Crippen LogP contribution in [0.1, 0.15) is 132 Å². The van der Waals surface area contributed by atoms with E-state index >= 15 is 0 Å². The zero-order valence-electron chi connectivity index (χ0n) is 48.0.